The van der Waals surface area contributed by atoms with Crippen molar-refractivity contribution in [3.05, 3.63) is 65.2 Å². The number of amides is 2. The quantitative estimate of drug-likeness (QED) is 0.210. The van der Waals surface area contributed by atoms with E-state index in [0.717, 1.165) is 35.0 Å². The molecule has 4 rings (SSSR count). The molecule has 2 heterocycles. The second-order valence-electron chi connectivity index (χ2n) is 10.2. The Labute approximate surface area is 251 Å². The summed E-state index contributed by atoms with van der Waals surface area (Å²) in [6.45, 7) is 1.60. The van der Waals surface area contributed by atoms with Crippen molar-refractivity contribution < 1.29 is 37.5 Å². The van der Waals surface area contributed by atoms with Gasteiger partial charge >= 0.3 is 12.1 Å². The highest BCUT2D eigenvalue weighted by Crippen LogP contribution is 2.24. The number of nitrogens with zero attached hydrogens (tertiary/aromatic N) is 2. The lowest BCUT2D eigenvalue weighted by molar-refractivity contribution is -0.192. The van der Waals surface area contributed by atoms with Gasteiger partial charge in [-0.2, -0.15) is 13.2 Å². The number of aromatic nitrogens is 1. The van der Waals surface area contributed by atoms with Gasteiger partial charge < -0.3 is 21.1 Å². The number of nitrogens with two attached hydrogens (primary N) is 1. The molecule has 2 atom stereocenters. The highest BCUT2D eigenvalue weighted by Gasteiger charge is 2.38. The number of likely N-dealkylation sites (tertiary alicyclic amines) is 1. The maximum absolute atomic E-state index is 13.4. The number of hydrogen-bond acceptors (Lipinski definition) is 7. The fraction of sp³-hybridized carbons (Fsp3) is 0.433. The van der Waals surface area contributed by atoms with E-state index in [1.165, 1.54) is 11.3 Å². The first-order valence-electron chi connectivity index (χ1n) is 14.0. The zero-order valence-corrected chi connectivity index (χ0v) is 24.3. The molecular formula is C30H35F3N4O5S. The number of piperidine rings is 1. The fourth-order valence-corrected chi connectivity index (χ4v) is 5.61. The highest BCUT2D eigenvalue weighted by molar-refractivity contribution is 7.20. The number of unbranched alkanes of at least 4 members (excludes halogenated alkanes) is 1. The number of ketones is 1. The minimum absolute atomic E-state index is 0.0707. The van der Waals surface area contributed by atoms with Gasteiger partial charge in [0.05, 0.1) is 22.2 Å². The molecule has 2 amide bonds. The van der Waals surface area contributed by atoms with Gasteiger partial charge in [-0.1, -0.05) is 42.5 Å². The normalized spacial score (nSPS) is 15.7. The third-order valence-electron chi connectivity index (χ3n) is 6.94. The molecule has 0 bridgehead atoms. The van der Waals surface area contributed by atoms with Crippen LogP contribution in [0.3, 0.4) is 0 Å². The van der Waals surface area contributed by atoms with Crippen LogP contribution in [-0.4, -0.2) is 70.4 Å². The van der Waals surface area contributed by atoms with E-state index in [4.69, 9.17) is 15.6 Å². The van der Waals surface area contributed by atoms with Gasteiger partial charge in [0.25, 0.3) is 0 Å². The van der Waals surface area contributed by atoms with Crippen LogP contribution in [0.5, 0.6) is 0 Å². The van der Waals surface area contributed by atoms with E-state index in [0.29, 0.717) is 50.3 Å². The van der Waals surface area contributed by atoms with Gasteiger partial charge in [0.1, 0.15) is 0 Å². The number of hydrogen-bond donors (Lipinski definition) is 3. The molecule has 1 aliphatic rings. The van der Waals surface area contributed by atoms with E-state index >= 15 is 0 Å². The highest BCUT2D eigenvalue weighted by atomic mass is 32.1. The third kappa shape index (κ3) is 10.4. The van der Waals surface area contributed by atoms with Crippen LogP contribution in [0, 0.1) is 5.92 Å². The average Bonchev–Trinajstić information content (AvgIpc) is 3.44. The van der Waals surface area contributed by atoms with E-state index in [9.17, 15) is 27.6 Å². The van der Waals surface area contributed by atoms with Crippen molar-refractivity contribution in [1.29, 1.82) is 0 Å². The number of para-hydroxylation sites is 1. The number of carbonyl (C=O) groups excluding carboxylic acids is 3. The Morgan fingerprint density at radius 1 is 1.07 bits per heavy atom. The number of aliphatic carboxylic acids is 1. The van der Waals surface area contributed by atoms with Crippen LogP contribution in [0.15, 0.2) is 54.6 Å². The third-order valence-corrected chi connectivity index (χ3v) is 7.99. The number of benzene rings is 2. The molecular weight excluding hydrogens is 585 g/mol. The Kier molecular flexibility index (Phi) is 12.6. The Morgan fingerprint density at radius 2 is 1.74 bits per heavy atom. The van der Waals surface area contributed by atoms with Crippen LogP contribution in [0.1, 0.15) is 53.9 Å². The number of halogens is 3. The van der Waals surface area contributed by atoms with Crippen molar-refractivity contribution in [3.63, 3.8) is 0 Å². The largest absolute Gasteiger partial charge is 0.490 e. The zero-order chi connectivity index (χ0) is 31.4. The van der Waals surface area contributed by atoms with Gasteiger partial charge in [-0.15, -0.1) is 11.3 Å². The number of rotatable bonds is 11. The summed E-state index contributed by atoms with van der Waals surface area (Å²) in [4.78, 5) is 54.6. The van der Waals surface area contributed by atoms with Crippen molar-refractivity contribution in [2.24, 2.45) is 11.7 Å². The lowest BCUT2D eigenvalue weighted by atomic mass is 9.95. The molecule has 2 aromatic carbocycles. The van der Waals surface area contributed by atoms with E-state index in [1.54, 1.807) is 4.90 Å². The Hall–Kier alpha value is -3.84. The predicted molar refractivity (Wildman–Crippen MR) is 157 cm³/mol. The summed E-state index contributed by atoms with van der Waals surface area (Å²) in [5, 5.41) is 10.5. The van der Waals surface area contributed by atoms with Crippen molar-refractivity contribution >= 4 is 45.1 Å². The number of carbonyl (C=O) groups is 4. The average molecular weight is 621 g/mol. The second-order valence-corrected chi connectivity index (χ2v) is 11.2. The lowest BCUT2D eigenvalue weighted by Gasteiger charge is -2.33. The van der Waals surface area contributed by atoms with Crippen LogP contribution < -0.4 is 11.1 Å². The topological polar surface area (TPSA) is 143 Å². The number of aryl methyl sites for hydroxylation is 1. The molecule has 1 aliphatic heterocycles. The Balaban J connectivity index is 0.000000646. The SMILES string of the molecule is NCCCCC(NC(=O)C1CCCN(C(=O)CCc2ccccc2)C1)C(=O)c1nc2ccccc2s1.O=C(O)C(F)(F)F. The van der Waals surface area contributed by atoms with E-state index < -0.39 is 18.2 Å². The lowest BCUT2D eigenvalue weighted by Crippen LogP contribution is -2.49. The van der Waals surface area contributed by atoms with Gasteiger partial charge in [0, 0.05) is 19.5 Å². The van der Waals surface area contributed by atoms with Crippen LogP contribution in [0.4, 0.5) is 13.2 Å². The van der Waals surface area contributed by atoms with Crippen LogP contribution >= 0.6 is 11.3 Å². The smallest absolute Gasteiger partial charge is 0.475 e. The number of carboxylic acids is 1. The minimum atomic E-state index is -5.08. The number of alkyl halides is 3. The van der Waals surface area contributed by atoms with Crippen LogP contribution in [-0.2, 0) is 20.8 Å². The van der Waals surface area contributed by atoms with E-state index in [2.05, 4.69) is 10.3 Å². The molecule has 3 aromatic rings. The summed E-state index contributed by atoms with van der Waals surface area (Å²) >= 11 is 1.35. The number of Topliss-reactive ketones (excluding diaryl/α,β-unsaturated/α-hetero) is 1. The van der Waals surface area contributed by atoms with Crippen LogP contribution in [0.2, 0.25) is 0 Å². The van der Waals surface area contributed by atoms with Crippen LogP contribution in [0.25, 0.3) is 10.2 Å². The standard InChI is InChI=1S/C28H34N4O3S.C2HF3O2/c29-17-7-6-13-23(26(34)28-31-22-12-4-5-14-24(22)36-28)30-27(35)21-11-8-18-32(19-21)25(33)16-15-20-9-2-1-3-10-20;3-2(4,5)1(6)7/h1-5,9-10,12,14,21,23H,6-8,11,13,15-19,29H2,(H,30,35);(H,6,7). The number of nitrogens with one attached hydrogen (secondary N) is 1. The van der Waals surface area contributed by atoms with Crippen molar-refractivity contribution in [3.8, 4) is 0 Å². The molecule has 4 N–H and O–H groups in total. The number of fused-ring (bicyclic) bond motifs is 1. The summed E-state index contributed by atoms with van der Waals surface area (Å²) in [5.41, 5.74) is 7.57. The molecule has 0 saturated carbocycles. The molecule has 2 unspecified atom stereocenters. The molecule has 0 aliphatic carbocycles. The maximum Gasteiger partial charge on any atom is 0.490 e. The van der Waals surface area contributed by atoms with E-state index in [-0.39, 0.29) is 23.5 Å². The monoisotopic (exact) mass is 620 g/mol. The summed E-state index contributed by atoms with van der Waals surface area (Å²) in [5.74, 6) is -3.33. The molecule has 0 radical (unpaired) electrons. The van der Waals surface area contributed by atoms with Crippen molar-refractivity contribution in [2.45, 2.75) is 57.2 Å². The number of thiazole rings is 1. The minimum Gasteiger partial charge on any atom is -0.475 e. The molecule has 1 fully saturated rings. The molecule has 9 nitrogen and oxygen atoms in total. The molecule has 13 heteroatoms. The summed E-state index contributed by atoms with van der Waals surface area (Å²) in [6.07, 6.45) is -0.440. The molecule has 1 aromatic heterocycles. The van der Waals surface area contributed by atoms with E-state index in [1.807, 2.05) is 54.6 Å². The first kappa shape index (κ1) is 33.7. The van der Waals surface area contributed by atoms with Gasteiger partial charge in [0.15, 0.2) is 5.01 Å². The van der Waals surface area contributed by atoms with Gasteiger partial charge in [-0.3, -0.25) is 14.4 Å². The summed E-state index contributed by atoms with van der Waals surface area (Å²) < 4.78 is 32.7. The predicted octanol–water partition coefficient (Wildman–Crippen LogP) is 4.60. The van der Waals surface area contributed by atoms with Crippen molar-refractivity contribution in [1.82, 2.24) is 15.2 Å². The molecule has 43 heavy (non-hydrogen) atoms. The summed E-state index contributed by atoms with van der Waals surface area (Å²) in [6, 6.07) is 16.9. The first-order chi connectivity index (χ1) is 20.5. The molecule has 1 saturated heterocycles. The van der Waals surface area contributed by atoms with Gasteiger partial charge in [0.2, 0.25) is 17.6 Å². The van der Waals surface area contributed by atoms with Crippen molar-refractivity contribution in [2.75, 3.05) is 19.6 Å². The Morgan fingerprint density at radius 3 is 2.40 bits per heavy atom. The first-order valence-corrected chi connectivity index (χ1v) is 14.8. The fourth-order valence-electron chi connectivity index (χ4n) is 4.65. The Bertz CT molecular complexity index is 1350. The summed E-state index contributed by atoms with van der Waals surface area (Å²) in [7, 11) is 0. The zero-order valence-electron chi connectivity index (χ0n) is 23.5. The number of carboxylic acid groups (broad SMARTS) is 1. The molecule has 232 valence electrons. The maximum atomic E-state index is 13.4. The second kappa shape index (κ2) is 16.1. The molecule has 0 spiro atoms. The van der Waals surface area contributed by atoms with Gasteiger partial charge in [-0.25, -0.2) is 9.78 Å². The van der Waals surface area contributed by atoms with Gasteiger partial charge in [-0.05, 0) is 62.8 Å².